The number of hydrogen-bond donors (Lipinski definition) is 1. The summed E-state index contributed by atoms with van der Waals surface area (Å²) >= 11 is 1.66. The molecule has 2 aromatic heterocycles. The van der Waals surface area contributed by atoms with E-state index in [0.29, 0.717) is 12.2 Å². The van der Waals surface area contributed by atoms with Crippen molar-refractivity contribution in [2.45, 2.75) is 26.4 Å². The van der Waals surface area contributed by atoms with Crippen LogP contribution in [0.4, 0.5) is 0 Å². The summed E-state index contributed by atoms with van der Waals surface area (Å²) in [5.41, 5.74) is 2.94. The topological polar surface area (TPSA) is 34.0 Å². The van der Waals surface area contributed by atoms with Crippen molar-refractivity contribution in [2.24, 2.45) is 0 Å². The molecule has 0 spiro atoms. The number of thiophene rings is 1. The Labute approximate surface area is 140 Å². The average Bonchev–Trinajstić information content (AvgIpc) is 3.15. The molecule has 1 atom stereocenters. The lowest BCUT2D eigenvalue weighted by Gasteiger charge is -2.15. The Kier molecular flexibility index (Phi) is 4.63. The number of carbonyl (C=O) groups is 1. The third-order valence-electron chi connectivity index (χ3n) is 3.93. The summed E-state index contributed by atoms with van der Waals surface area (Å²) in [6.45, 7) is 4.71. The second-order valence-electron chi connectivity index (χ2n) is 5.49. The Morgan fingerprint density at radius 2 is 2.09 bits per heavy atom. The van der Waals surface area contributed by atoms with Crippen LogP contribution in [0.3, 0.4) is 0 Å². The van der Waals surface area contributed by atoms with Crippen molar-refractivity contribution in [2.75, 3.05) is 0 Å². The largest absolute Gasteiger partial charge is 0.344 e. The van der Waals surface area contributed by atoms with E-state index in [4.69, 9.17) is 0 Å². The van der Waals surface area contributed by atoms with Gasteiger partial charge in [-0.2, -0.15) is 0 Å². The van der Waals surface area contributed by atoms with Gasteiger partial charge in [-0.1, -0.05) is 42.5 Å². The lowest BCUT2D eigenvalue weighted by Crippen LogP contribution is -2.28. The van der Waals surface area contributed by atoms with Crippen molar-refractivity contribution < 1.29 is 4.79 Å². The van der Waals surface area contributed by atoms with Gasteiger partial charge in [0.1, 0.15) is 5.69 Å². The van der Waals surface area contributed by atoms with E-state index in [2.05, 4.69) is 27.4 Å². The van der Waals surface area contributed by atoms with Gasteiger partial charge in [0, 0.05) is 6.54 Å². The molecule has 3 rings (SSSR count). The van der Waals surface area contributed by atoms with Crippen LogP contribution < -0.4 is 5.32 Å². The van der Waals surface area contributed by atoms with Gasteiger partial charge in [0.05, 0.1) is 16.3 Å². The van der Waals surface area contributed by atoms with Crippen molar-refractivity contribution in [1.29, 1.82) is 0 Å². The minimum absolute atomic E-state index is 0.0215. The number of amides is 1. The Morgan fingerprint density at radius 3 is 2.83 bits per heavy atom. The van der Waals surface area contributed by atoms with Crippen LogP contribution in [0.5, 0.6) is 0 Å². The van der Waals surface area contributed by atoms with E-state index in [0.717, 1.165) is 15.8 Å². The summed E-state index contributed by atoms with van der Waals surface area (Å²) in [7, 11) is 0. The molecule has 0 radical (unpaired) electrons. The minimum Gasteiger partial charge on any atom is -0.344 e. The highest BCUT2D eigenvalue weighted by atomic mass is 32.1. The van der Waals surface area contributed by atoms with E-state index in [1.165, 1.54) is 0 Å². The number of benzene rings is 1. The number of allylic oxidation sites excluding steroid dienone is 2. The van der Waals surface area contributed by atoms with Crippen LogP contribution in [-0.2, 0) is 6.54 Å². The summed E-state index contributed by atoms with van der Waals surface area (Å²) in [5.74, 6) is -0.0331. The zero-order valence-corrected chi connectivity index (χ0v) is 14.1. The Morgan fingerprint density at radius 1 is 1.30 bits per heavy atom. The zero-order chi connectivity index (χ0) is 16.2. The Balaban J connectivity index is 1.87. The predicted octanol–water partition coefficient (Wildman–Crippen LogP) is 4.77. The van der Waals surface area contributed by atoms with Crippen molar-refractivity contribution in [1.82, 2.24) is 9.88 Å². The third kappa shape index (κ3) is 3.22. The quantitative estimate of drug-likeness (QED) is 0.674. The first kappa shape index (κ1) is 15.6. The molecule has 0 saturated heterocycles. The van der Waals surface area contributed by atoms with E-state index in [1.54, 1.807) is 11.3 Å². The minimum atomic E-state index is -0.0331. The fraction of sp³-hybridized carbons (Fsp3) is 0.211. The third-order valence-corrected chi connectivity index (χ3v) is 4.78. The van der Waals surface area contributed by atoms with Crippen LogP contribution in [0.1, 0.15) is 35.9 Å². The number of hydrogen-bond acceptors (Lipinski definition) is 2. The molecule has 0 aliphatic heterocycles. The van der Waals surface area contributed by atoms with Gasteiger partial charge in [-0.15, -0.1) is 11.3 Å². The lowest BCUT2D eigenvalue weighted by molar-refractivity contribution is 0.0931. The molecule has 4 heteroatoms. The number of aromatic nitrogens is 1. The molecule has 3 nitrogen and oxygen atoms in total. The molecule has 0 bridgehead atoms. The highest BCUT2D eigenvalue weighted by molar-refractivity contribution is 7.17. The molecule has 1 amide bonds. The summed E-state index contributed by atoms with van der Waals surface area (Å²) < 4.78 is 3.21. The van der Waals surface area contributed by atoms with Crippen LogP contribution in [0.25, 0.3) is 10.2 Å². The van der Waals surface area contributed by atoms with E-state index >= 15 is 0 Å². The predicted molar refractivity (Wildman–Crippen MR) is 97.0 cm³/mol. The molecule has 0 aliphatic rings. The standard InChI is InChI=1S/C19H20N2OS/c1-3-4-11-21-16-10-12-23-18(16)13-17(21)19(22)20-14(2)15-8-6-5-7-9-15/h3-10,12-14H,11H2,1-2H3,(H,20,22)/b4-3+/t14-/m0/s1. The second-order valence-corrected chi connectivity index (χ2v) is 6.43. The molecular weight excluding hydrogens is 304 g/mol. The number of nitrogens with one attached hydrogen (secondary N) is 1. The molecule has 0 aliphatic carbocycles. The zero-order valence-electron chi connectivity index (χ0n) is 13.3. The van der Waals surface area contributed by atoms with Gasteiger partial charge in [-0.3, -0.25) is 4.79 Å². The smallest absolute Gasteiger partial charge is 0.268 e. The van der Waals surface area contributed by atoms with Crippen LogP contribution >= 0.6 is 11.3 Å². The van der Waals surface area contributed by atoms with Gasteiger partial charge in [-0.05, 0) is 36.9 Å². The van der Waals surface area contributed by atoms with Gasteiger partial charge in [0.2, 0.25) is 0 Å². The van der Waals surface area contributed by atoms with E-state index < -0.39 is 0 Å². The monoisotopic (exact) mass is 324 g/mol. The van der Waals surface area contributed by atoms with Crippen LogP contribution in [-0.4, -0.2) is 10.5 Å². The first-order valence-electron chi connectivity index (χ1n) is 7.74. The molecule has 2 heterocycles. The highest BCUT2D eigenvalue weighted by Crippen LogP contribution is 2.26. The summed E-state index contributed by atoms with van der Waals surface area (Å²) in [6, 6.07) is 14.0. The van der Waals surface area contributed by atoms with Crippen LogP contribution in [0.2, 0.25) is 0 Å². The molecule has 23 heavy (non-hydrogen) atoms. The fourth-order valence-corrected chi connectivity index (χ4v) is 3.49. The van der Waals surface area contributed by atoms with Gasteiger partial charge in [0.25, 0.3) is 5.91 Å². The SMILES string of the molecule is C/C=C/Cn1c(C(=O)N[C@@H](C)c2ccccc2)cc2sccc21. The molecular formula is C19H20N2OS. The first-order chi connectivity index (χ1) is 11.2. The van der Waals surface area contributed by atoms with Gasteiger partial charge >= 0.3 is 0 Å². The van der Waals surface area contributed by atoms with Crippen molar-refractivity contribution in [3.05, 3.63) is 71.3 Å². The van der Waals surface area contributed by atoms with E-state index in [-0.39, 0.29) is 11.9 Å². The first-order valence-corrected chi connectivity index (χ1v) is 8.62. The molecule has 118 valence electrons. The maximum atomic E-state index is 12.7. The average molecular weight is 324 g/mol. The molecule has 0 saturated carbocycles. The van der Waals surface area contributed by atoms with E-state index in [1.807, 2.05) is 56.3 Å². The molecule has 3 aromatic rings. The molecule has 0 fully saturated rings. The Hall–Kier alpha value is -2.33. The lowest BCUT2D eigenvalue weighted by atomic mass is 10.1. The number of fused-ring (bicyclic) bond motifs is 1. The van der Waals surface area contributed by atoms with Gasteiger partial charge in [0.15, 0.2) is 0 Å². The Bertz CT molecular complexity index is 830. The summed E-state index contributed by atoms with van der Waals surface area (Å²) in [5, 5.41) is 5.16. The molecule has 1 N–H and O–H groups in total. The van der Waals surface area contributed by atoms with Crippen LogP contribution in [0, 0.1) is 0 Å². The highest BCUT2D eigenvalue weighted by Gasteiger charge is 2.17. The van der Waals surface area contributed by atoms with Gasteiger partial charge in [-0.25, -0.2) is 0 Å². The number of rotatable bonds is 5. The van der Waals surface area contributed by atoms with Gasteiger partial charge < -0.3 is 9.88 Å². The van der Waals surface area contributed by atoms with Crippen molar-refractivity contribution in [3.63, 3.8) is 0 Å². The maximum Gasteiger partial charge on any atom is 0.268 e. The van der Waals surface area contributed by atoms with Crippen molar-refractivity contribution >= 4 is 27.5 Å². The maximum absolute atomic E-state index is 12.7. The van der Waals surface area contributed by atoms with Crippen LogP contribution in [0.15, 0.2) is 60.0 Å². The molecule has 1 aromatic carbocycles. The van der Waals surface area contributed by atoms with Crippen molar-refractivity contribution in [3.8, 4) is 0 Å². The molecule has 0 unspecified atom stereocenters. The summed E-state index contributed by atoms with van der Waals surface area (Å²) in [4.78, 5) is 12.7. The fourth-order valence-electron chi connectivity index (χ4n) is 2.67. The van der Waals surface area contributed by atoms with E-state index in [9.17, 15) is 4.79 Å². The summed E-state index contributed by atoms with van der Waals surface area (Å²) in [6.07, 6.45) is 4.07. The number of carbonyl (C=O) groups excluding carboxylic acids is 1. The second kappa shape index (κ2) is 6.84. The normalized spacial score (nSPS) is 12.8. The number of nitrogens with zero attached hydrogens (tertiary/aromatic N) is 1.